The Bertz CT molecular complexity index is 903. The van der Waals surface area contributed by atoms with Crippen LogP contribution < -0.4 is 9.88 Å². The zero-order chi connectivity index (χ0) is 16.9. The summed E-state index contributed by atoms with van der Waals surface area (Å²) in [5.74, 6) is 0. The maximum Gasteiger partial charge on any atom is 0.253 e. The molecule has 0 aliphatic rings. The highest BCUT2D eigenvalue weighted by molar-refractivity contribution is 9.10. The molecule has 0 aliphatic heterocycles. The van der Waals surface area contributed by atoms with Crippen molar-refractivity contribution in [3.05, 3.63) is 90.2 Å². The van der Waals surface area contributed by atoms with Gasteiger partial charge in [0.1, 0.15) is 4.95 Å². The van der Waals surface area contributed by atoms with Gasteiger partial charge in [0.05, 0.1) is 0 Å². The maximum atomic E-state index is 3.68. The molecule has 1 unspecified atom stereocenters. The number of allylic oxidation sites excluding steroid dienone is 2. The van der Waals surface area contributed by atoms with Gasteiger partial charge in [0.25, 0.3) is 4.60 Å². The van der Waals surface area contributed by atoms with Crippen LogP contribution in [-0.4, -0.2) is 4.95 Å². The summed E-state index contributed by atoms with van der Waals surface area (Å²) in [6.45, 7) is 3.68. The quantitative estimate of drug-likeness (QED) is 0.174. The average molecular weight is 445 g/mol. The second-order valence-corrected chi connectivity index (χ2v) is 7.11. The third-order valence-electron chi connectivity index (χ3n) is 3.63. The molecule has 2 nitrogen and oxygen atoms in total. The van der Waals surface area contributed by atoms with Crippen molar-refractivity contribution in [3.63, 3.8) is 0 Å². The van der Waals surface area contributed by atoms with Gasteiger partial charge in [0, 0.05) is 45.9 Å². The summed E-state index contributed by atoms with van der Waals surface area (Å²) in [6, 6.07) is 18.9. The van der Waals surface area contributed by atoms with E-state index in [9.17, 15) is 0 Å². The molecule has 1 N–H and O–H groups in total. The topological polar surface area (TPSA) is 15.9 Å². The van der Waals surface area contributed by atoms with E-state index in [0.717, 1.165) is 16.0 Å². The summed E-state index contributed by atoms with van der Waals surface area (Å²) < 4.78 is 3.14. The first kappa shape index (κ1) is 16.9. The first-order valence-electron chi connectivity index (χ1n) is 7.57. The summed E-state index contributed by atoms with van der Waals surface area (Å²) in [6.07, 6.45) is 7.72. The van der Waals surface area contributed by atoms with E-state index in [1.54, 1.807) is 6.08 Å². The second kappa shape index (κ2) is 7.77. The summed E-state index contributed by atoms with van der Waals surface area (Å²) in [7, 11) is 0. The number of nitrogens with one attached hydrogen (secondary N) is 1. The second-order valence-electron chi connectivity index (χ2n) is 5.31. The van der Waals surface area contributed by atoms with E-state index in [1.807, 2.05) is 36.5 Å². The SMILES string of the molecule is C=C/C=C\C(Br)Nc1ccc2cc(-[n+]3ccccc3Br)ccc2c1. The largest absolute Gasteiger partial charge is 0.369 e. The number of aromatic nitrogens is 1. The predicted octanol–water partition coefficient (Wildman–Crippen LogP) is 5.75. The van der Waals surface area contributed by atoms with Gasteiger partial charge in [-0.1, -0.05) is 46.8 Å². The molecular weight excluding hydrogens is 428 g/mol. The van der Waals surface area contributed by atoms with Crippen LogP contribution in [0.25, 0.3) is 16.5 Å². The Morgan fingerprint density at radius 1 is 1.04 bits per heavy atom. The van der Waals surface area contributed by atoms with E-state index in [2.05, 4.69) is 84.7 Å². The number of hydrogen-bond acceptors (Lipinski definition) is 1. The van der Waals surface area contributed by atoms with Crippen molar-refractivity contribution in [1.82, 2.24) is 0 Å². The van der Waals surface area contributed by atoms with Crippen molar-refractivity contribution in [2.75, 3.05) is 5.32 Å². The molecule has 3 aromatic rings. The van der Waals surface area contributed by atoms with Gasteiger partial charge >= 0.3 is 0 Å². The molecule has 1 atom stereocenters. The predicted molar refractivity (Wildman–Crippen MR) is 109 cm³/mol. The van der Waals surface area contributed by atoms with Crippen LogP contribution in [0.1, 0.15) is 0 Å². The smallest absolute Gasteiger partial charge is 0.253 e. The zero-order valence-electron chi connectivity index (χ0n) is 13.0. The first-order valence-corrected chi connectivity index (χ1v) is 9.28. The van der Waals surface area contributed by atoms with Crippen LogP contribution in [0.4, 0.5) is 5.69 Å². The van der Waals surface area contributed by atoms with E-state index < -0.39 is 0 Å². The number of hydrogen-bond donors (Lipinski definition) is 1. The number of nitrogens with zero attached hydrogens (tertiary/aromatic N) is 1. The lowest BCUT2D eigenvalue weighted by Crippen LogP contribution is -2.31. The molecule has 0 radical (unpaired) electrons. The highest BCUT2D eigenvalue weighted by Gasteiger charge is 2.11. The molecular formula is C20H17Br2N2+. The van der Waals surface area contributed by atoms with E-state index in [0.29, 0.717) is 0 Å². The summed E-state index contributed by atoms with van der Waals surface area (Å²) in [4.78, 5) is 0.0723. The van der Waals surface area contributed by atoms with Crippen LogP contribution in [0.15, 0.2) is 90.2 Å². The third-order valence-corrected chi connectivity index (χ3v) is 4.81. The van der Waals surface area contributed by atoms with Gasteiger partial charge in [-0.2, -0.15) is 4.57 Å². The van der Waals surface area contributed by atoms with Crippen LogP contribution in [0.3, 0.4) is 0 Å². The minimum Gasteiger partial charge on any atom is -0.369 e. The van der Waals surface area contributed by atoms with Crippen molar-refractivity contribution in [2.45, 2.75) is 4.95 Å². The molecule has 2 aromatic carbocycles. The van der Waals surface area contributed by atoms with E-state index in [4.69, 9.17) is 0 Å². The summed E-state index contributed by atoms with van der Waals surface area (Å²) >= 11 is 7.17. The van der Waals surface area contributed by atoms with Gasteiger partial charge in [-0.05, 0) is 35.0 Å². The zero-order valence-corrected chi connectivity index (χ0v) is 16.2. The molecule has 3 rings (SSSR count). The van der Waals surface area contributed by atoms with Gasteiger partial charge in [-0.25, -0.2) is 0 Å². The normalized spacial score (nSPS) is 12.4. The monoisotopic (exact) mass is 443 g/mol. The van der Waals surface area contributed by atoms with Crippen LogP contribution in [0, 0.1) is 0 Å². The highest BCUT2D eigenvalue weighted by Crippen LogP contribution is 2.22. The molecule has 120 valence electrons. The fraction of sp³-hybridized carbons (Fsp3) is 0.0500. The maximum absolute atomic E-state index is 3.68. The summed E-state index contributed by atoms with van der Waals surface area (Å²) in [5.41, 5.74) is 2.20. The van der Waals surface area contributed by atoms with E-state index in [1.165, 1.54) is 10.8 Å². The lowest BCUT2D eigenvalue weighted by molar-refractivity contribution is -0.607. The molecule has 0 saturated heterocycles. The number of rotatable bonds is 5. The lowest BCUT2D eigenvalue weighted by Gasteiger charge is -2.10. The highest BCUT2D eigenvalue weighted by atomic mass is 79.9. The molecule has 0 spiro atoms. The molecule has 24 heavy (non-hydrogen) atoms. The van der Waals surface area contributed by atoms with Gasteiger partial charge in [0.15, 0.2) is 6.20 Å². The number of fused-ring (bicyclic) bond motifs is 1. The Labute approximate surface area is 158 Å². The average Bonchev–Trinajstić information content (AvgIpc) is 2.60. The third kappa shape index (κ3) is 3.94. The minimum atomic E-state index is 0.0723. The number of halogens is 2. The van der Waals surface area contributed by atoms with Gasteiger partial charge < -0.3 is 5.32 Å². The van der Waals surface area contributed by atoms with Crippen molar-refractivity contribution < 1.29 is 4.57 Å². The van der Waals surface area contributed by atoms with Crippen LogP contribution in [-0.2, 0) is 0 Å². The number of benzene rings is 2. The number of alkyl halides is 1. The molecule has 1 aromatic heterocycles. The number of pyridine rings is 1. The Hall–Kier alpha value is -1.91. The van der Waals surface area contributed by atoms with Crippen LogP contribution >= 0.6 is 31.9 Å². The van der Waals surface area contributed by atoms with E-state index in [-0.39, 0.29) is 4.95 Å². The van der Waals surface area contributed by atoms with Crippen molar-refractivity contribution >= 4 is 48.3 Å². The summed E-state index contributed by atoms with van der Waals surface area (Å²) in [5, 5.41) is 5.79. The number of anilines is 1. The van der Waals surface area contributed by atoms with Crippen LogP contribution in [0.5, 0.6) is 0 Å². The van der Waals surface area contributed by atoms with Crippen LogP contribution in [0.2, 0.25) is 0 Å². The van der Waals surface area contributed by atoms with Gasteiger partial charge in [-0.3, -0.25) is 0 Å². The van der Waals surface area contributed by atoms with Gasteiger partial charge in [-0.15, -0.1) is 0 Å². The Morgan fingerprint density at radius 2 is 1.83 bits per heavy atom. The van der Waals surface area contributed by atoms with Crippen molar-refractivity contribution in [2.24, 2.45) is 0 Å². The Kier molecular flexibility index (Phi) is 5.48. The molecule has 4 heteroatoms. The van der Waals surface area contributed by atoms with Crippen molar-refractivity contribution in [3.8, 4) is 5.69 Å². The lowest BCUT2D eigenvalue weighted by atomic mass is 10.1. The molecule has 0 saturated carbocycles. The van der Waals surface area contributed by atoms with Crippen molar-refractivity contribution in [1.29, 1.82) is 0 Å². The standard InChI is InChI=1S/C20H17Br2N2/c1-2-3-6-19(21)23-17-10-8-16-14-18(11-9-15(16)13-17)24-12-5-4-7-20(24)22/h2-14,19,23H,1H2/q+1/b6-3-. The van der Waals surface area contributed by atoms with Gasteiger partial charge in [0.2, 0.25) is 5.69 Å². The molecule has 1 heterocycles. The first-order chi connectivity index (χ1) is 11.7. The fourth-order valence-corrected chi connectivity index (χ4v) is 3.40. The fourth-order valence-electron chi connectivity index (χ4n) is 2.49. The molecule has 0 fully saturated rings. The van der Waals surface area contributed by atoms with E-state index >= 15 is 0 Å². The Morgan fingerprint density at radius 3 is 2.62 bits per heavy atom. The Balaban J connectivity index is 1.90. The minimum absolute atomic E-state index is 0.0723. The molecule has 0 bridgehead atoms. The molecule has 0 aliphatic carbocycles. The molecule has 0 amide bonds.